The summed E-state index contributed by atoms with van der Waals surface area (Å²) in [5.41, 5.74) is 4.04. The van der Waals surface area contributed by atoms with Crippen LogP contribution in [0.5, 0.6) is 0 Å². The number of sulfonamides is 1. The van der Waals surface area contributed by atoms with Crippen LogP contribution < -0.4 is 5.32 Å². The van der Waals surface area contributed by atoms with Gasteiger partial charge in [0, 0.05) is 30.0 Å². The number of carbonyl (C=O) groups excluding carboxylic acids is 1. The minimum atomic E-state index is -4.18. The van der Waals surface area contributed by atoms with Crippen molar-refractivity contribution in [3.8, 4) is 11.3 Å². The number of piperidine rings is 1. The standard InChI is InChI=1S/C23H23F2N3O3S2/c1-14-3-5-18(15(2)11-14)20-13-32-23(26-20)27-22(29)16-7-9-28(10-8-16)33(30,31)21-12-17(24)4-6-19(21)25/h3-6,11-13,16H,7-10H2,1-2H3,(H,26,27,29). The first-order chi connectivity index (χ1) is 15.6. The van der Waals surface area contributed by atoms with Gasteiger partial charge in [0.25, 0.3) is 0 Å². The lowest BCUT2D eigenvalue weighted by molar-refractivity contribution is -0.120. The number of hydrogen-bond donors (Lipinski definition) is 1. The van der Waals surface area contributed by atoms with E-state index in [1.807, 2.05) is 31.4 Å². The van der Waals surface area contributed by atoms with E-state index in [2.05, 4.69) is 16.4 Å². The number of rotatable bonds is 5. The van der Waals surface area contributed by atoms with Crippen molar-refractivity contribution in [2.45, 2.75) is 31.6 Å². The second kappa shape index (κ2) is 9.28. The van der Waals surface area contributed by atoms with E-state index in [1.165, 1.54) is 11.3 Å². The van der Waals surface area contributed by atoms with E-state index in [0.717, 1.165) is 38.8 Å². The van der Waals surface area contributed by atoms with Gasteiger partial charge >= 0.3 is 0 Å². The zero-order valence-electron chi connectivity index (χ0n) is 18.1. The molecule has 33 heavy (non-hydrogen) atoms. The molecule has 1 saturated heterocycles. The number of benzene rings is 2. The molecule has 0 bridgehead atoms. The SMILES string of the molecule is Cc1ccc(-c2csc(NC(=O)C3CCN(S(=O)(=O)c4cc(F)ccc4F)CC3)n2)c(C)c1. The van der Waals surface area contributed by atoms with Crippen LogP contribution in [-0.2, 0) is 14.8 Å². The maximum absolute atomic E-state index is 14.0. The normalized spacial score (nSPS) is 15.5. The monoisotopic (exact) mass is 491 g/mol. The molecule has 0 spiro atoms. The van der Waals surface area contributed by atoms with E-state index >= 15 is 0 Å². The van der Waals surface area contributed by atoms with Gasteiger partial charge in [0.05, 0.1) is 5.69 Å². The fourth-order valence-corrected chi connectivity index (χ4v) is 6.19. The van der Waals surface area contributed by atoms with E-state index < -0.39 is 32.5 Å². The van der Waals surface area contributed by atoms with Crippen LogP contribution in [0.2, 0.25) is 0 Å². The summed E-state index contributed by atoms with van der Waals surface area (Å²) in [4.78, 5) is 16.6. The summed E-state index contributed by atoms with van der Waals surface area (Å²) in [6, 6.07) is 8.43. The fourth-order valence-electron chi connectivity index (χ4n) is 3.94. The molecule has 1 aromatic heterocycles. The lowest BCUT2D eigenvalue weighted by Gasteiger charge is -2.30. The van der Waals surface area contributed by atoms with E-state index in [0.29, 0.717) is 11.2 Å². The molecule has 0 atom stereocenters. The van der Waals surface area contributed by atoms with Crippen LogP contribution in [0.15, 0.2) is 46.7 Å². The highest BCUT2D eigenvalue weighted by Gasteiger charge is 2.34. The average Bonchev–Trinajstić information content (AvgIpc) is 3.23. The summed E-state index contributed by atoms with van der Waals surface area (Å²) < 4.78 is 54.0. The van der Waals surface area contributed by atoms with Gasteiger partial charge in [0.15, 0.2) is 5.13 Å². The number of halogens is 2. The summed E-state index contributed by atoms with van der Waals surface area (Å²) >= 11 is 1.33. The van der Waals surface area contributed by atoms with Gasteiger partial charge in [-0.1, -0.05) is 23.8 Å². The Morgan fingerprint density at radius 3 is 2.55 bits per heavy atom. The lowest BCUT2D eigenvalue weighted by Crippen LogP contribution is -2.41. The second-order valence-electron chi connectivity index (χ2n) is 8.10. The van der Waals surface area contributed by atoms with Crippen LogP contribution in [0, 0.1) is 31.4 Å². The second-order valence-corrected chi connectivity index (χ2v) is 10.9. The van der Waals surface area contributed by atoms with Crippen LogP contribution in [0.4, 0.5) is 13.9 Å². The number of nitrogens with zero attached hydrogens (tertiary/aromatic N) is 2. The first kappa shape index (κ1) is 23.5. The number of amides is 1. The Kier molecular flexibility index (Phi) is 6.60. The van der Waals surface area contributed by atoms with Crippen LogP contribution in [0.1, 0.15) is 24.0 Å². The predicted molar refractivity (Wildman–Crippen MR) is 123 cm³/mol. The zero-order valence-corrected chi connectivity index (χ0v) is 19.8. The molecule has 10 heteroatoms. The Morgan fingerprint density at radius 1 is 1.12 bits per heavy atom. The number of anilines is 1. The van der Waals surface area contributed by atoms with Crippen molar-refractivity contribution in [2.24, 2.45) is 5.92 Å². The molecule has 1 aliphatic rings. The Hall–Kier alpha value is -2.69. The summed E-state index contributed by atoms with van der Waals surface area (Å²) in [5.74, 6) is -2.46. The summed E-state index contributed by atoms with van der Waals surface area (Å²) in [6.07, 6.45) is 0.550. The maximum atomic E-state index is 14.0. The van der Waals surface area contributed by atoms with Crippen LogP contribution in [0.25, 0.3) is 11.3 Å². The topological polar surface area (TPSA) is 79.4 Å². The van der Waals surface area contributed by atoms with Gasteiger partial charge in [-0.2, -0.15) is 4.31 Å². The highest BCUT2D eigenvalue weighted by Crippen LogP contribution is 2.30. The van der Waals surface area contributed by atoms with E-state index in [1.54, 1.807) is 0 Å². The van der Waals surface area contributed by atoms with Crippen LogP contribution >= 0.6 is 11.3 Å². The molecule has 1 aliphatic heterocycles. The first-order valence-electron chi connectivity index (χ1n) is 10.4. The molecular formula is C23H23F2N3O3S2. The number of aromatic nitrogens is 1. The van der Waals surface area contributed by atoms with Crippen LogP contribution in [0.3, 0.4) is 0 Å². The molecule has 4 rings (SSSR count). The Balaban J connectivity index is 1.39. The Labute approximate surface area is 195 Å². The molecular weight excluding hydrogens is 468 g/mol. The number of thiazole rings is 1. The highest BCUT2D eigenvalue weighted by molar-refractivity contribution is 7.89. The molecule has 2 heterocycles. The van der Waals surface area contributed by atoms with Crippen molar-refractivity contribution in [2.75, 3.05) is 18.4 Å². The van der Waals surface area contributed by atoms with Crippen molar-refractivity contribution < 1.29 is 22.0 Å². The van der Waals surface area contributed by atoms with Crippen molar-refractivity contribution in [1.29, 1.82) is 0 Å². The molecule has 0 radical (unpaired) electrons. The summed E-state index contributed by atoms with van der Waals surface area (Å²) in [7, 11) is -4.18. The van der Waals surface area contributed by atoms with Gasteiger partial charge in [-0.05, 0) is 50.5 Å². The number of aryl methyl sites for hydroxylation is 2. The van der Waals surface area contributed by atoms with Gasteiger partial charge in [-0.15, -0.1) is 11.3 Å². The van der Waals surface area contributed by atoms with E-state index in [4.69, 9.17) is 0 Å². The third-order valence-electron chi connectivity index (χ3n) is 5.73. The minimum absolute atomic E-state index is 0.0437. The molecule has 0 saturated carbocycles. The largest absolute Gasteiger partial charge is 0.302 e. The molecule has 6 nitrogen and oxygen atoms in total. The molecule has 1 N–H and O–H groups in total. The van der Waals surface area contributed by atoms with Gasteiger partial charge in [-0.3, -0.25) is 4.79 Å². The van der Waals surface area contributed by atoms with Gasteiger partial charge in [0.1, 0.15) is 16.5 Å². The first-order valence-corrected chi connectivity index (χ1v) is 12.8. The molecule has 1 amide bonds. The van der Waals surface area contributed by atoms with Crippen LogP contribution in [-0.4, -0.2) is 36.7 Å². The number of carbonyl (C=O) groups is 1. The minimum Gasteiger partial charge on any atom is -0.302 e. The van der Waals surface area contributed by atoms with E-state index in [-0.39, 0.29) is 31.8 Å². The molecule has 3 aromatic rings. The van der Waals surface area contributed by atoms with Crippen molar-refractivity contribution in [1.82, 2.24) is 9.29 Å². The van der Waals surface area contributed by atoms with E-state index in [9.17, 15) is 22.0 Å². The third-order valence-corrected chi connectivity index (χ3v) is 8.40. The highest BCUT2D eigenvalue weighted by atomic mass is 32.2. The predicted octanol–water partition coefficient (Wildman–Crippen LogP) is 4.74. The summed E-state index contributed by atoms with van der Waals surface area (Å²) in [6.45, 7) is 4.12. The molecule has 0 aliphatic carbocycles. The van der Waals surface area contributed by atoms with Crippen molar-refractivity contribution >= 4 is 32.4 Å². The molecule has 174 valence electrons. The van der Waals surface area contributed by atoms with Crippen molar-refractivity contribution in [3.63, 3.8) is 0 Å². The number of nitrogens with one attached hydrogen (secondary N) is 1. The Bertz CT molecular complexity index is 1300. The fraction of sp³-hybridized carbons (Fsp3) is 0.304. The third kappa shape index (κ3) is 4.97. The van der Waals surface area contributed by atoms with Crippen molar-refractivity contribution in [3.05, 3.63) is 64.5 Å². The zero-order chi connectivity index (χ0) is 23.8. The van der Waals surface area contributed by atoms with Gasteiger partial charge < -0.3 is 5.32 Å². The smallest absolute Gasteiger partial charge is 0.246 e. The average molecular weight is 492 g/mol. The Morgan fingerprint density at radius 2 is 1.85 bits per heavy atom. The lowest BCUT2D eigenvalue weighted by atomic mass is 9.97. The molecule has 2 aromatic carbocycles. The van der Waals surface area contributed by atoms with Gasteiger partial charge in [-0.25, -0.2) is 22.2 Å². The summed E-state index contributed by atoms with van der Waals surface area (Å²) in [5, 5.41) is 5.19. The maximum Gasteiger partial charge on any atom is 0.246 e. The van der Waals surface area contributed by atoms with Gasteiger partial charge in [0.2, 0.25) is 15.9 Å². The number of hydrogen-bond acceptors (Lipinski definition) is 5. The molecule has 0 unspecified atom stereocenters. The quantitative estimate of drug-likeness (QED) is 0.559. The molecule has 1 fully saturated rings.